The lowest BCUT2D eigenvalue weighted by Crippen LogP contribution is -2.19. The lowest BCUT2D eigenvalue weighted by Gasteiger charge is -2.16. The number of nitrogens with one attached hydrogen (secondary N) is 1. The van der Waals surface area contributed by atoms with E-state index >= 15 is 0 Å². The molecular weight excluding hydrogens is 328 g/mol. The molecule has 0 saturated carbocycles. The van der Waals surface area contributed by atoms with E-state index in [2.05, 4.69) is 5.32 Å². The summed E-state index contributed by atoms with van der Waals surface area (Å²) < 4.78 is 11.2. The molecule has 0 bridgehead atoms. The van der Waals surface area contributed by atoms with Gasteiger partial charge in [0.05, 0.1) is 25.3 Å². The van der Waals surface area contributed by atoms with Crippen LogP contribution in [0.1, 0.15) is 12.0 Å². The average molecular weight is 349 g/mol. The predicted molar refractivity (Wildman–Crippen MR) is 96.7 cm³/mol. The molecule has 0 aliphatic carbocycles. The minimum absolute atomic E-state index is 0. The van der Waals surface area contributed by atoms with Crippen molar-refractivity contribution >= 4 is 29.7 Å². The highest BCUT2D eigenvalue weighted by atomic mass is 35.5. The molecule has 2 aromatic rings. The topological polar surface area (TPSA) is 73.6 Å². The van der Waals surface area contributed by atoms with Gasteiger partial charge in [0, 0.05) is 12.1 Å². The molecule has 0 spiro atoms. The fraction of sp³-hybridized carbons (Fsp3) is 0.278. The number of rotatable bonds is 5. The Balaban J connectivity index is 0.00000208. The Labute approximate surface area is 147 Å². The SMILES string of the molecule is Cl.Nc1ccc(CC(=O)Nc2ccccc2OC2CCOC2)cc1. The van der Waals surface area contributed by atoms with Gasteiger partial charge >= 0.3 is 0 Å². The predicted octanol–water partition coefficient (Wildman–Crippen LogP) is 3.04. The molecule has 3 N–H and O–H groups in total. The number of hydrogen-bond acceptors (Lipinski definition) is 4. The monoisotopic (exact) mass is 348 g/mol. The summed E-state index contributed by atoms with van der Waals surface area (Å²) in [5.41, 5.74) is 7.93. The third-order valence-electron chi connectivity index (χ3n) is 3.69. The number of nitrogen functional groups attached to an aromatic ring is 1. The van der Waals surface area contributed by atoms with Crippen LogP contribution in [0, 0.1) is 0 Å². The van der Waals surface area contributed by atoms with Crippen LogP contribution in [0.5, 0.6) is 5.75 Å². The summed E-state index contributed by atoms with van der Waals surface area (Å²) in [7, 11) is 0. The van der Waals surface area contributed by atoms with Crippen molar-refractivity contribution in [2.24, 2.45) is 0 Å². The van der Waals surface area contributed by atoms with Gasteiger partial charge in [-0.05, 0) is 29.8 Å². The van der Waals surface area contributed by atoms with Gasteiger partial charge in [-0.25, -0.2) is 0 Å². The molecule has 0 aromatic heterocycles. The van der Waals surface area contributed by atoms with Crippen molar-refractivity contribution in [2.45, 2.75) is 18.9 Å². The molecule has 1 fully saturated rings. The molecule has 3 rings (SSSR count). The normalized spacial score (nSPS) is 16.2. The number of para-hydroxylation sites is 2. The molecule has 1 unspecified atom stereocenters. The smallest absolute Gasteiger partial charge is 0.228 e. The average Bonchev–Trinajstić information content (AvgIpc) is 3.05. The third-order valence-corrected chi connectivity index (χ3v) is 3.69. The maximum Gasteiger partial charge on any atom is 0.228 e. The number of ether oxygens (including phenoxy) is 2. The number of carbonyl (C=O) groups is 1. The van der Waals surface area contributed by atoms with Crippen molar-refractivity contribution in [1.82, 2.24) is 0 Å². The summed E-state index contributed by atoms with van der Waals surface area (Å²) in [6, 6.07) is 14.8. The zero-order valence-electron chi connectivity index (χ0n) is 13.2. The highest BCUT2D eigenvalue weighted by molar-refractivity contribution is 5.93. The zero-order valence-corrected chi connectivity index (χ0v) is 14.1. The molecule has 1 heterocycles. The summed E-state index contributed by atoms with van der Waals surface area (Å²) in [6.45, 7) is 1.31. The first-order valence-electron chi connectivity index (χ1n) is 7.68. The Morgan fingerprint density at radius 3 is 2.67 bits per heavy atom. The fourth-order valence-corrected chi connectivity index (χ4v) is 2.47. The maximum atomic E-state index is 12.2. The van der Waals surface area contributed by atoms with Crippen molar-refractivity contribution in [1.29, 1.82) is 0 Å². The van der Waals surface area contributed by atoms with Crippen molar-refractivity contribution in [3.8, 4) is 5.75 Å². The fourth-order valence-electron chi connectivity index (χ4n) is 2.47. The number of carbonyl (C=O) groups excluding carboxylic acids is 1. The van der Waals surface area contributed by atoms with E-state index in [9.17, 15) is 4.79 Å². The van der Waals surface area contributed by atoms with Gasteiger partial charge in [0.15, 0.2) is 0 Å². The Hall–Kier alpha value is -2.24. The van der Waals surface area contributed by atoms with Crippen LogP contribution in [0.2, 0.25) is 0 Å². The van der Waals surface area contributed by atoms with Crippen molar-refractivity contribution in [2.75, 3.05) is 24.3 Å². The zero-order chi connectivity index (χ0) is 16.1. The second kappa shape index (κ2) is 8.57. The van der Waals surface area contributed by atoms with Gasteiger partial charge in [0.25, 0.3) is 0 Å². The lowest BCUT2D eigenvalue weighted by molar-refractivity contribution is -0.115. The first-order valence-corrected chi connectivity index (χ1v) is 7.68. The molecule has 1 aliphatic rings. The van der Waals surface area contributed by atoms with E-state index in [1.165, 1.54) is 0 Å². The van der Waals surface area contributed by atoms with Gasteiger partial charge < -0.3 is 20.5 Å². The van der Waals surface area contributed by atoms with Crippen LogP contribution < -0.4 is 15.8 Å². The maximum absolute atomic E-state index is 12.2. The standard InChI is InChI=1S/C18H20N2O3.ClH/c19-14-7-5-13(6-8-14)11-18(21)20-16-3-1-2-4-17(16)23-15-9-10-22-12-15;/h1-8,15H,9-12,19H2,(H,20,21);1H. The van der Waals surface area contributed by atoms with E-state index in [1.807, 2.05) is 36.4 Å². The molecule has 1 saturated heterocycles. The van der Waals surface area contributed by atoms with Crippen LogP contribution in [0.15, 0.2) is 48.5 Å². The van der Waals surface area contributed by atoms with Gasteiger partial charge in [-0.3, -0.25) is 4.79 Å². The van der Waals surface area contributed by atoms with Crippen molar-refractivity contribution in [3.05, 3.63) is 54.1 Å². The number of benzene rings is 2. The third kappa shape index (κ3) is 4.88. The van der Waals surface area contributed by atoms with Gasteiger partial charge in [-0.15, -0.1) is 12.4 Å². The van der Waals surface area contributed by atoms with Gasteiger partial charge in [-0.2, -0.15) is 0 Å². The van der Waals surface area contributed by atoms with Crippen LogP contribution in [-0.4, -0.2) is 25.2 Å². The molecule has 6 heteroatoms. The van der Waals surface area contributed by atoms with E-state index in [1.54, 1.807) is 12.1 Å². The summed E-state index contributed by atoms with van der Waals surface area (Å²) >= 11 is 0. The number of halogens is 1. The molecule has 24 heavy (non-hydrogen) atoms. The van der Waals surface area contributed by atoms with Crippen LogP contribution in [0.4, 0.5) is 11.4 Å². The van der Waals surface area contributed by atoms with E-state index in [0.717, 1.165) is 18.6 Å². The summed E-state index contributed by atoms with van der Waals surface area (Å²) in [5, 5.41) is 2.91. The number of nitrogens with two attached hydrogens (primary N) is 1. The molecular formula is C18H21ClN2O3. The molecule has 1 aliphatic heterocycles. The molecule has 0 radical (unpaired) electrons. The second-order valence-electron chi connectivity index (χ2n) is 5.57. The Morgan fingerprint density at radius 2 is 1.96 bits per heavy atom. The summed E-state index contributed by atoms with van der Waals surface area (Å²) in [5.74, 6) is 0.585. The Kier molecular flexibility index (Phi) is 6.46. The molecule has 1 amide bonds. The highest BCUT2D eigenvalue weighted by Crippen LogP contribution is 2.26. The van der Waals surface area contributed by atoms with Gasteiger partial charge in [0.2, 0.25) is 5.91 Å². The van der Waals surface area contributed by atoms with Gasteiger partial charge in [0.1, 0.15) is 11.9 Å². The molecule has 5 nitrogen and oxygen atoms in total. The molecule has 2 aromatic carbocycles. The Bertz CT molecular complexity index is 670. The van der Waals surface area contributed by atoms with Crippen molar-refractivity contribution in [3.63, 3.8) is 0 Å². The Morgan fingerprint density at radius 1 is 1.21 bits per heavy atom. The highest BCUT2D eigenvalue weighted by Gasteiger charge is 2.19. The quantitative estimate of drug-likeness (QED) is 0.814. The van der Waals surface area contributed by atoms with Crippen LogP contribution >= 0.6 is 12.4 Å². The van der Waals surface area contributed by atoms with Crippen molar-refractivity contribution < 1.29 is 14.3 Å². The number of anilines is 2. The van der Waals surface area contributed by atoms with Crippen LogP contribution in [0.25, 0.3) is 0 Å². The first kappa shape index (κ1) is 18.1. The van der Waals surface area contributed by atoms with E-state index < -0.39 is 0 Å². The van der Waals surface area contributed by atoms with Crippen LogP contribution in [-0.2, 0) is 16.0 Å². The summed E-state index contributed by atoms with van der Waals surface area (Å²) in [4.78, 5) is 12.2. The van der Waals surface area contributed by atoms with E-state index in [-0.39, 0.29) is 24.4 Å². The molecule has 1 atom stereocenters. The minimum Gasteiger partial charge on any atom is -0.486 e. The van der Waals surface area contributed by atoms with E-state index in [4.69, 9.17) is 15.2 Å². The molecule has 128 valence electrons. The number of amides is 1. The first-order chi connectivity index (χ1) is 11.2. The summed E-state index contributed by atoms with van der Waals surface area (Å²) in [6.07, 6.45) is 1.21. The van der Waals surface area contributed by atoms with E-state index in [0.29, 0.717) is 30.2 Å². The number of hydrogen-bond donors (Lipinski definition) is 2. The lowest BCUT2D eigenvalue weighted by atomic mass is 10.1. The van der Waals surface area contributed by atoms with Gasteiger partial charge in [-0.1, -0.05) is 24.3 Å². The minimum atomic E-state index is -0.0894. The largest absolute Gasteiger partial charge is 0.486 e. The second-order valence-corrected chi connectivity index (χ2v) is 5.57. The van der Waals surface area contributed by atoms with Crippen LogP contribution in [0.3, 0.4) is 0 Å².